The molecule has 1 aromatic heterocycles. The summed E-state index contributed by atoms with van der Waals surface area (Å²) >= 11 is 0. The number of nitrogens with one attached hydrogen (secondary N) is 2. The first-order chi connectivity index (χ1) is 13.0. The Morgan fingerprint density at radius 2 is 2.07 bits per heavy atom. The van der Waals surface area contributed by atoms with Gasteiger partial charge in [-0.25, -0.2) is 0 Å². The lowest BCUT2D eigenvalue weighted by Crippen LogP contribution is -2.44. The topological polar surface area (TPSA) is 91.7 Å². The number of nitrogens with zero attached hydrogens (tertiary/aromatic N) is 1. The molecule has 2 heterocycles. The number of hydrogen-bond donors (Lipinski definition) is 2. The van der Waals surface area contributed by atoms with Gasteiger partial charge in [0.1, 0.15) is 6.04 Å². The van der Waals surface area contributed by atoms with Gasteiger partial charge in [0.15, 0.2) is 5.76 Å². The van der Waals surface area contributed by atoms with Crippen molar-refractivity contribution in [2.24, 2.45) is 0 Å². The zero-order valence-corrected chi connectivity index (χ0v) is 15.2. The summed E-state index contributed by atoms with van der Waals surface area (Å²) < 4.78 is 5.01. The Morgan fingerprint density at radius 3 is 2.81 bits per heavy atom. The highest BCUT2D eigenvalue weighted by molar-refractivity contribution is 5.95. The Balaban J connectivity index is 1.54. The summed E-state index contributed by atoms with van der Waals surface area (Å²) in [5.74, 6) is -0.437. The Hall–Kier alpha value is -3.09. The van der Waals surface area contributed by atoms with E-state index in [0.717, 1.165) is 30.6 Å². The maximum Gasteiger partial charge on any atom is 0.287 e. The fraction of sp³-hybridized carbons (Fsp3) is 0.350. The van der Waals surface area contributed by atoms with Gasteiger partial charge in [0, 0.05) is 25.2 Å². The molecule has 1 fully saturated rings. The summed E-state index contributed by atoms with van der Waals surface area (Å²) in [5, 5.41) is 5.39. The molecule has 27 heavy (non-hydrogen) atoms. The average molecular weight is 369 g/mol. The molecular weight excluding hydrogens is 346 g/mol. The first-order valence-electron chi connectivity index (χ1n) is 9.06. The molecule has 1 aliphatic rings. The molecule has 2 N–H and O–H groups in total. The van der Waals surface area contributed by atoms with Gasteiger partial charge in [-0.3, -0.25) is 14.4 Å². The first-order valence-corrected chi connectivity index (χ1v) is 9.06. The van der Waals surface area contributed by atoms with E-state index in [1.807, 2.05) is 24.3 Å². The summed E-state index contributed by atoms with van der Waals surface area (Å²) in [7, 11) is 0. The fourth-order valence-corrected chi connectivity index (χ4v) is 3.00. The molecule has 1 atom stereocenters. The summed E-state index contributed by atoms with van der Waals surface area (Å²) in [6, 6.07) is 10.0. The average Bonchev–Trinajstić information content (AvgIpc) is 3.21. The van der Waals surface area contributed by atoms with Crippen LogP contribution in [-0.2, 0) is 16.1 Å². The van der Waals surface area contributed by atoms with Crippen LogP contribution in [0.25, 0.3) is 0 Å². The number of piperidine rings is 1. The van der Waals surface area contributed by atoms with E-state index in [-0.39, 0.29) is 17.6 Å². The van der Waals surface area contributed by atoms with Crippen LogP contribution in [0.1, 0.15) is 42.3 Å². The van der Waals surface area contributed by atoms with E-state index in [0.29, 0.717) is 13.0 Å². The molecule has 7 heteroatoms. The monoisotopic (exact) mass is 369 g/mol. The van der Waals surface area contributed by atoms with Crippen molar-refractivity contribution in [3.05, 3.63) is 54.0 Å². The highest BCUT2D eigenvalue weighted by Gasteiger charge is 2.20. The van der Waals surface area contributed by atoms with Gasteiger partial charge in [0.05, 0.1) is 6.26 Å². The predicted molar refractivity (Wildman–Crippen MR) is 100 cm³/mol. The van der Waals surface area contributed by atoms with E-state index in [1.165, 1.54) is 12.3 Å². The SMILES string of the molecule is C[C@@H](NC(=O)c1ccco1)C(=O)NCc1cccc(N2CCCCC2=O)c1. The van der Waals surface area contributed by atoms with Crippen LogP contribution in [0.2, 0.25) is 0 Å². The van der Waals surface area contributed by atoms with Crippen molar-refractivity contribution < 1.29 is 18.8 Å². The van der Waals surface area contributed by atoms with Gasteiger partial charge in [-0.05, 0) is 49.6 Å². The third kappa shape index (κ3) is 4.75. The largest absolute Gasteiger partial charge is 0.459 e. The number of anilines is 1. The molecule has 7 nitrogen and oxygen atoms in total. The zero-order chi connectivity index (χ0) is 19.2. The second kappa shape index (κ2) is 8.53. The third-order valence-corrected chi connectivity index (χ3v) is 4.50. The smallest absolute Gasteiger partial charge is 0.287 e. The van der Waals surface area contributed by atoms with Gasteiger partial charge in [-0.1, -0.05) is 12.1 Å². The van der Waals surface area contributed by atoms with Crippen LogP contribution in [0.5, 0.6) is 0 Å². The summed E-state index contributed by atoms with van der Waals surface area (Å²) in [4.78, 5) is 38.0. The van der Waals surface area contributed by atoms with Crippen LogP contribution in [0.3, 0.4) is 0 Å². The maximum atomic E-state index is 12.2. The Bertz CT molecular complexity index is 816. The van der Waals surface area contributed by atoms with Gasteiger partial charge >= 0.3 is 0 Å². The number of carbonyl (C=O) groups excluding carboxylic acids is 3. The fourth-order valence-electron chi connectivity index (χ4n) is 3.00. The minimum absolute atomic E-state index is 0.136. The first kappa shape index (κ1) is 18.7. The summed E-state index contributed by atoms with van der Waals surface area (Å²) in [6.07, 6.45) is 3.92. The molecule has 2 aromatic rings. The number of benzene rings is 1. The summed E-state index contributed by atoms with van der Waals surface area (Å²) in [5.41, 5.74) is 1.74. The predicted octanol–water partition coefficient (Wildman–Crippen LogP) is 2.23. The van der Waals surface area contributed by atoms with Crippen LogP contribution in [0.4, 0.5) is 5.69 Å². The standard InChI is InChI=1S/C20H23N3O4/c1-14(22-20(26)17-8-5-11-27-17)19(25)21-13-15-6-4-7-16(12-15)23-10-3-2-9-18(23)24/h4-8,11-12,14H,2-3,9-10,13H2,1H3,(H,21,25)(H,22,26)/t14-/m1/s1. The van der Waals surface area contributed by atoms with E-state index in [2.05, 4.69) is 10.6 Å². The highest BCUT2D eigenvalue weighted by Crippen LogP contribution is 2.21. The van der Waals surface area contributed by atoms with Crippen LogP contribution in [-0.4, -0.2) is 30.3 Å². The molecule has 142 valence electrons. The normalized spacial score (nSPS) is 15.3. The lowest BCUT2D eigenvalue weighted by molar-refractivity contribution is -0.122. The van der Waals surface area contributed by atoms with Crippen molar-refractivity contribution in [3.8, 4) is 0 Å². The molecule has 0 spiro atoms. The van der Waals surface area contributed by atoms with Gasteiger partial charge in [0.25, 0.3) is 5.91 Å². The molecule has 0 radical (unpaired) electrons. The maximum absolute atomic E-state index is 12.2. The summed E-state index contributed by atoms with van der Waals surface area (Å²) in [6.45, 7) is 2.65. The third-order valence-electron chi connectivity index (χ3n) is 4.50. The van der Waals surface area contributed by atoms with Crippen molar-refractivity contribution in [1.29, 1.82) is 0 Å². The van der Waals surface area contributed by atoms with E-state index in [9.17, 15) is 14.4 Å². The van der Waals surface area contributed by atoms with E-state index >= 15 is 0 Å². The molecule has 3 rings (SSSR count). The highest BCUT2D eigenvalue weighted by atomic mass is 16.3. The second-order valence-corrected chi connectivity index (χ2v) is 6.56. The minimum atomic E-state index is -0.700. The van der Waals surface area contributed by atoms with Gasteiger partial charge in [-0.15, -0.1) is 0 Å². The molecule has 1 saturated heterocycles. The van der Waals surface area contributed by atoms with E-state index in [1.54, 1.807) is 17.9 Å². The van der Waals surface area contributed by atoms with Crippen molar-refractivity contribution in [3.63, 3.8) is 0 Å². The number of carbonyl (C=O) groups is 3. The number of amides is 3. The van der Waals surface area contributed by atoms with Crippen molar-refractivity contribution in [2.45, 2.75) is 38.8 Å². The van der Waals surface area contributed by atoms with Crippen molar-refractivity contribution in [1.82, 2.24) is 10.6 Å². The molecule has 0 saturated carbocycles. The zero-order valence-electron chi connectivity index (χ0n) is 15.2. The van der Waals surface area contributed by atoms with Crippen molar-refractivity contribution >= 4 is 23.4 Å². The molecular formula is C20H23N3O4. The Labute approximate surface area is 157 Å². The molecule has 1 aliphatic heterocycles. The van der Waals surface area contributed by atoms with E-state index in [4.69, 9.17) is 4.42 Å². The molecule has 0 aliphatic carbocycles. The molecule has 3 amide bonds. The second-order valence-electron chi connectivity index (χ2n) is 6.56. The Morgan fingerprint density at radius 1 is 1.22 bits per heavy atom. The van der Waals surface area contributed by atoms with Gasteiger partial charge < -0.3 is 20.0 Å². The minimum Gasteiger partial charge on any atom is -0.459 e. The van der Waals surface area contributed by atoms with Crippen LogP contribution in [0.15, 0.2) is 47.1 Å². The number of rotatable bonds is 6. The van der Waals surface area contributed by atoms with Crippen LogP contribution in [0, 0.1) is 0 Å². The Kier molecular flexibility index (Phi) is 5.90. The lowest BCUT2D eigenvalue weighted by atomic mass is 10.1. The van der Waals surface area contributed by atoms with E-state index < -0.39 is 11.9 Å². The number of hydrogen-bond acceptors (Lipinski definition) is 4. The number of furan rings is 1. The van der Waals surface area contributed by atoms with Gasteiger partial charge in [-0.2, -0.15) is 0 Å². The van der Waals surface area contributed by atoms with Gasteiger partial charge in [0.2, 0.25) is 11.8 Å². The lowest BCUT2D eigenvalue weighted by Gasteiger charge is -2.27. The quantitative estimate of drug-likeness (QED) is 0.817. The van der Waals surface area contributed by atoms with Crippen LogP contribution >= 0.6 is 0 Å². The van der Waals surface area contributed by atoms with Crippen molar-refractivity contribution in [2.75, 3.05) is 11.4 Å². The van der Waals surface area contributed by atoms with Crippen LogP contribution < -0.4 is 15.5 Å². The molecule has 0 unspecified atom stereocenters. The molecule has 0 bridgehead atoms. The molecule has 1 aromatic carbocycles.